The van der Waals surface area contributed by atoms with E-state index in [1.165, 1.54) is 6.92 Å². The molecule has 1 heterocycles. The minimum Gasteiger partial charge on any atom is -0.481 e. The van der Waals surface area contributed by atoms with Gasteiger partial charge in [0.05, 0.1) is 5.92 Å². The maximum absolute atomic E-state index is 12.1. The average Bonchev–Trinajstić information content (AvgIpc) is 2.61. The van der Waals surface area contributed by atoms with Gasteiger partial charge in [-0.25, -0.2) is 0 Å². The van der Waals surface area contributed by atoms with Crippen LogP contribution in [0.1, 0.15) is 11.9 Å². The summed E-state index contributed by atoms with van der Waals surface area (Å²) in [5.74, 6) is -1.46. The van der Waals surface area contributed by atoms with E-state index in [0.29, 0.717) is 11.3 Å². The van der Waals surface area contributed by atoms with E-state index in [0.717, 1.165) is 11.8 Å². The zero-order valence-electron chi connectivity index (χ0n) is 7.98. The van der Waals surface area contributed by atoms with Crippen LogP contribution in [-0.4, -0.2) is 27.0 Å². The molecule has 0 radical (unpaired) electrons. The number of aliphatic carboxylic acids is 1. The molecule has 9 heteroatoms. The van der Waals surface area contributed by atoms with Crippen LogP contribution in [0.4, 0.5) is 13.2 Å². The van der Waals surface area contributed by atoms with E-state index in [1.54, 1.807) is 0 Å². The molecule has 0 bridgehead atoms. The van der Waals surface area contributed by atoms with E-state index in [-0.39, 0.29) is 10.1 Å². The molecule has 0 aromatic carbocycles. The fraction of sp³-hybridized carbons (Fsp3) is 0.571. The Hall–Kier alpha value is -0.830. The molecule has 0 aliphatic rings. The molecule has 0 spiro atoms. The third-order valence-corrected chi connectivity index (χ3v) is 3.89. The smallest absolute Gasteiger partial charge is 0.445 e. The molecule has 0 saturated heterocycles. The van der Waals surface area contributed by atoms with E-state index in [1.807, 2.05) is 0 Å². The van der Waals surface area contributed by atoms with Crippen molar-refractivity contribution < 1.29 is 23.1 Å². The number of hydrogen-bond acceptors (Lipinski definition) is 5. The van der Waals surface area contributed by atoms with Gasteiger partial charge in [-0.05, 0) is 0 Å². The second kappa shape index (κ2) is 5.00. The zero-order valence-corrected chi connectivity index (χ0v) is 9.62. The highest BCUT2D eigenvalue weighted by Crippen LogP contribution is 2.34. The number of carbonyl (C=O) groups is 1. The van der Waals surface area contributed by atoms with Gasteiger partial charge < -0.3 is 5.11 Å². The SMILES string of the molecule is CC(CSc1nnc(C(F)(F)F)s1)C(=O)O. The Bertz CT molecular complexity index is 380. The largest absolute Gasteiger partial charge is 0.481 e. The molecule has 0 aliphatic carbocycles. The molecule has 0 fully saturated rings. The van der Waals surface area contributed by atoms with Gasteiger partial charge in [-0.2, -0.15) is 13.2 Å². The number of aromatic nitrogens is 2. The molecule has 0 saturated carbocycles. The molecule has 4 nitrogen and oxygen atoms in total. The predicted octanol–water partition coefficient (Wildman–Crippen LogP) is 2.37. The van der Waals surface area contributed by atoms with Crippen molar-refractivity contribution in [2.24, 2.45) is 5.92 Å². The second-order valence-electron chi connectivity index (χ2n) is 2.92. The number of alkyl halides is 3. The molecule has 1 rings (SSSR count). The third-order valence-electron chi connectivity index (χ3n) is 1.53. The Morgan fingerprint density at radius 3 is 2.62 bits per heavy atom. The summed E-state index contributed by atoms with van der Waals surface area (Å²) in [4.78, 5) is 10.5. The average molecular weight is 272 g/mol. The van der Waals surface area contributed by atoms with Crippen LogP contribution >= 0.6 is 23.1 Å². The Kier molecular flexibility index (Phi) is 4.14. The van der Waals surface area contributed by atoms with E-state index in [2.05, 4.69) is 10.2 Å². The summed E-state index contributed by atoms with van der Waals surface area (Å²) in [6.45, 7) is 1.47. The summed E-state index contributed by atoms with van der Waals surface area (Å²) < 4.78 is 36.5. The zero-order chi connectivity index (χ0) is 12.3. The van der Waals surface area contributed by atoms with Crippen LogP contribution in [0.3, 0.4) is 0 Å². The van der Waals surface area contributed by atoms with Gasteiger partial charge in [0.1, 0.15) is 0 Å². The molecule has 1 aromatic rings. The number of carboxylic acid groups (broad SMARTS) is 1. The first-order valence-electron chi connectivity index (χ1n) is 4.07. The summed E-state index contributed by atoms with van der Waals surface area (Å²) in [6, 6.07) is 0. The van der Waals surface area contributed by atoms with E-state index in [9.17, 15) is 18.0 Å². The molecule has 1 N–H and O–H groups in total. The second-order valence-corrected chi connectivity index (χ2v) is 5.17. The van der Waals surface area contributed by atoms with Gasteiger partial charge >= 0.3 is 12.1 Å². The minimum absolute atomic E-state index is 0.125. The third kappa shape index (κ3) is 3.63. The molecule has 0 amide bonds. The van der Waals surface area contributed by atoms with Gasteiger partial charge in [0, 0.05) is 5.75 Å². The molecule has 1 aromatic heterocycles. The van der Waals surface area contributed by atoms with Gasteiger partial charge in [0.25, 0.3) is 0 Å². The minimum atomic E-state index is -4.49. The van der Waals surface area contributed by atoms with Crippen LogP contribution in [-0.2, 0) is 11.0 Å². The molecular weight excluding hydrogens is 265 g/mol. The fourth-order valence-corrected chi connectivity index (χ4v) is 2.41. The molecule has 0 aliphatic heterocycles. The van der Waals surface area contributed by atoms with Crippen molar-refractivity contribution >= 4 is 29.1 Å². The molecule has 1 unspecified atom stereocenters. The van der Waals surface area contributed by atoms with Gasteiger partial charge in [-0.15, -0.1) is 10.2 Å². The van der Waals surface area contributed by atoms with Gasteiger partial charge in [-0.1, -0.05) is 30.0 Å². The van der Waals surface area contributed by atoms with Crippen LogP contribution in [0, 0.1) is 5.92 Å². The fourth-order valence-electron chi connectivity index (χ4n) is 0.650. The lowest BCUT2D eigenvalue weighted by Crippen LogP contribution is -2.11. The number of hydrogen-bond donors (Lipinski definition) is 1. The Morgan fingerprint density at radius 1 is 1.56 bits per heavy atom. The highest BCUT2D eigenvalue weighted by atomic mass is 32.2. The number of nitrogens with zero attached hydrogens (tertiary/aromatic N) is 2. The monoisotopic (exact) mass is 272 g/mol. The Morgan fingerprint density at radius 2 is 2.19 bits per heavy atom. The number of thioether (sulfide) groups is 1. The van der Waals surface area contributed by atoms with E-state index < -0.39 is 23.1 Å². The summed E-state index contributed by atoms with van der Waals surface area (Å²) in [6.07, 6.45) is -4.49. The number of carboxylic acids is 1. The van der Waals surface area contributed by atoms with Crippen molar-refractivity contribution in [3.8, 4) is 0 Å². The topological polar surface area (TPSA) is 63.1 Å². The van der Waals surface area contributed by atoms with Crippen molar-refractivity contribution in [1.82, 2.24) is 10.2 Å². The molecule has 90 valence electrons. The van der Waals surface area contributed by atoms with Crippen LogP contribution < -0.4 is 0 Å². The van der Waals surface area contributed by atoms with Crippen molar-refractivity contribution in [3.63, 3.8) is 0 Å². The predicted molar refractivity (Wildman–Crippen MR) is 52.4 cm³/mol. The molecular formula is C7H7F3N2O2S2. The highest BCUT2D eigenvalue weighted by molar-refractivity contribution is 8.01. The summed E-state index contributed by atoms with van der Waals surface area (Å²) in [7, 11) is 0. The van der Waals surface area contributed by atoms with Crippen LogP contribution in [0.15, 0.2) is 4.34 Å². The van der Waals surface area contributed by atoms with Gasteiger partial charge in [-0.3, -0.25) is 4.79 Å². The lowest BCUT2D eigenvalue weighted by Gasteiger charge is -2.02. The Balaban J connectivity index is 2.57. The van der Waals surface area contributed by atoms with Crippen LogP contribution in [0.5, 0.6) is 0 Å². The first kappa shape index (κ1) is 13.2. The summed E-state index contributed by atoms with van der Waals surface area (Å²) in [5, 5.41) is 13.9. The lowest BCUT2D eigenvalue weighted by atomic mass is 10.2. The normalized spacial score (nSPS) is 13.8. The quantitative estimate of drug-likeness (QED) is 0.852. The first-order chi connectivity index (χ1) is 7.30. The maximum Gasteiger partial charge on any atom is 0.445 e. The number of rotatable bonds is 4. The number of halogens is 3. The lowest BCUT2D eigenvalue weighted by molar-refractivity contribution is -0.140. The summed E-state index contributed by atoms with van der Waals surface area (Å²) in [5.41, 5.74) is 0. The maximum atomic E-state index is 12.1. The van der Waals surface area contributed by atoms with Gasteiger partial charge in [0.2, 0.25) is 5.01 Å². The molecule has 16 heavy (non-hydrogen) atoms. The van der Waals surface area contributed by atoms with Gasteiger partial charge in [0.15, 0.2) is 4.34 Å². The highest BCUT2D eigenvalue weighted by Gasteiger charge is 2.35. The van der Waals surface area contributed by atoms with E-state index in [4.69, 9.17) is 5.11 Å². The van der Waals surface area contributed by atoms with Crippen molar-refractivity contribution in [2.75, 3.05) is 5.75 Å². The van der Waals surface area contributed by atoms with Crippen molar-refractivity contribution in [1.29, 1.82) is 0 Å². The van der Waals surface area contributed by atoms with Crippen molar-refractivity contribution in [2.45, 2.75) is 17.4 Å². The molecule has 1 atom stereocenters. The van der Waals surface area contributed by atoms with E-state index >= 15 is 0 Å². The van der Waals surface area contributed by atoms with Crippen molar-refractivity contribution in [3.05, 3.63) is 5.01 Å². The van der Waals surface area contributed by atoms with Crippen LogP contribution in [0.2, 0.25) is 0 Å². The summed E-state index contributed by atoms with van der Waals surface area (Å²) >= 11 is 1.37. The Labute approximate surface area is 96.9 Å². The first-order valence-corrected chi connectivity index (χ1v) is 5.87. The standard InChI is InChI=1S/C7H7F3N2O2S2/c1-3(4(13)14)2-15-6-12-11-5(16-6)7(8,9)10/h3H,2H2,1H3,(H,13,14). The van der Waals surface area contributed by atoms with Crippen LogP contribution in [0.25, 0.3) is 0 Å².